The molecule has 1 amide bonds. The van der Waals surface area contributed by atoms with E-state index in [0.717, 1.165) is 6.42 Å². The molecule has 2 aromatic rings. The first-order valence-electron chi connectivity index (χ1n) is 7.79. The van der Waals surface area contributed by atoms with Crippen molar-refractivity contribution >= 4 is 5.91 Å². The lowest BCUT2D eigenvalue weighted by molar-refractivity contribution is 0.0247. The molecule has 2 heterocycles. The Kier molecular flexibility index (Phi) is 4.57. The average Bonchev–Trinajstić information content (AvgIpc) is 2.58. The Bertz CT molecular complexity index is 675. The number of carbonyl (C=O) groups excluding carboxylic acids is 1. The van der Waals surface area contributed by atoms with Crippen molar-refractivity contribution in [1.29, 1.82) is 0 Å². The van der Waals surface area contributed by atoms with Gasteiger partial charge < -0.3 is 14.7 Å². The van der Waals surface area contributed by atoms with Crippen molar-refractivity contribution in [2.24, 2.45) is 5.92 Å². The zero-order valence-corrected chi connectivity index (χ0v) is 13.1. The van der Waals surface area contributed by atoms with Gasteiger partial charge in [-0.05, 0) is 36.6 Å². The normalized spacial score (nSPS) is 21.0. The van der Waals surface area contributed by atoms with Crippen LogP contribution in [0.4, 0.5) is 0 Å². The molecule has 2 atom stereocenters. The number of pyridine rings is 1. The molecule has 0 spiro atoms. The maximum Gasteiger partial charge on any atom is 0.257 e. The van der Waals surface area contributed by atoms with Crippen molar-refractivity contribution in [2.45, 2.75) is 19.4 Å². The predicted molar refractivity (Wildman–Crippen MR) is 86.4 cm³/mol. The molecule has 0 aliphatic carbocycles. The fraction of sp³-hybridized carbons (Fsp3) is 0.333. The van der Waals surface area contributed by atoms with Crippen LogP contribution in [0, 0.1) is 5.92 Å². The quantitative estimate of drug-likeness (QED) is 0.946. The van der Waals surface area contributed by atoms with E-state index in [0.29, 0.717) is 30.2 Å². The zero-order chi connectivity index (χ0) is 16.2. The first-order valence-corrected chi connectivity index (χ1v) is 7.79. The van der Waals surface area contributed by atoms with Crippen LogP contribution in [0.5, 0.6) is 11.5 Å². The average molecular weight is 312 g/mol. The molecule has 120 valence electrons. The van der Waals surface area contributed by atoms with E-state index < -0.39 is 6.10 Å². The van der Waals surface area contributed by atoms with Crippen LogP contribution in [0.1, 0.15) is 23.7 Å². The molecule has 1 aliphatic heterocycles. The van der Waals surface area contributed by atoms with Crippen molar-refractivity contribution in [3.05, 3.63) is 54.4 Å². The highest BCUT2D eigenvalue weighted by Gasteiger charge is 2.29. The van der Waals surface area contributed by atoms with Crippen molar-refractivity contribution in [3.63, 3.8) is 0 Å². The van der Waals surface area contributed by atoms with Gasteiger partial charge in [-0.2, -0.15) is 0 Å². The lowest BCUT2D eigenvalue weighted by Gasteiger charge is -2.34. The van der Waals surface area contributed by atoms with Gasteiger partial charge in [0.15, 0.2) is 0 Å². The standard InChI is InChI=1S/C18H20N2O3/c1-13-8-10-20(12-16(13)21)18(22)15-6-2-3-7-17(15)23-14-5-4-9-19-11-14/h2-7,9,11,13,16,21H,8,10,12H2,1H3. The summed E-state index contributed by atoms with van der Waals surface area (Å²) < 4.78 is 5.80. The minimum Gasteiger partial charge on any atom is -0.455 e. The summed E-state index contributed by atoms with van der Waals surface area (Å²) >= 11 is 0. The van der Waals surface area contributed by atoms with Crippen LogP contribution in [0.2, 0.25) is 0 Å². The van der Waals surface area contributed by atoms with Crippen LogP contribution in [0.25, 0.3) is 0 Å². The summed E-state index contributed by atoms with van der Waals surface area (Å²) in [6.07, 6.45) is 3.60. The summed E-state index contributed by atoms with van der Waals surface area (Å²) in [4.78, 5) is 18.5. The van der Waals surface area contributed by atoms with Gasteiger partial charge in [0.25, 0.3) is 5.91 Å². The second kappa shape index (κ2) is 6.79. The number of likely N-dealkylation sites (tertiary alicyclic amines) is 1. The number of nitrogens with zero attached hydrogens (tertiary/aromatic N) is 2. The third kappa shape index (κ3) is 3.51. The van der Waals surface area contributed by atoms with Gasteiger partial charge in [0.1, 0.15) is 11.5 Å². The number of para-hydroxylation sites is 1. The lowest BCUT2D eigenvalue weighted by atomic mass is 9.95. The molecule has 1 saturated heterocycles. The van der Waals surface area contributed by atoms with Gasteiger partial charge in [-0.25, -0.2) is 0 Å². The highest BCUT2D eigenvalue weighted by Crippen LogP contribution is 2.27. The predicted octanol–water partition coefficient (Wildman–Crippen LogP) is 2.72. The third-order valence-corrected chi connectivity index (χ3v) is 4.19. The summed E-state index contributed by atoms with van der Waals surface area (Å²) in [7, 11) is 0. The Labute approximate surface area is 135 Å². The largest absolute Gasteiger partial charge is 0.455 e. The third-order valence-electron chi connectivity index (χ3n) is 4.19. The molecule has 1 fully saturated rings. The molecule has 5 heteroatoms. The second-order valence-corrected chi connectivity index (χ2v) is 5.87. The van der Waals surface area contributed by atoms with Crippen molar-refractivity contribution in [1.82, 2.24) is 9.88 Å². The summed E-state index contributed by atoms with van der Waals surface area (Å²) in [6.45, 7) is 3.02. The van der Waals surface area contributed by atoms with Crippen LogP contribution in [0.3, 0.4) is 0 Å². The van der Waals surface area contributed by atoms with E-state index in [1.165, 1.54) is 0 Å². The molecule has 2 unspecified atom stereocenters. The van der Waals surface area contributed by atoms with E-state index >= 15 is 0 Å². The van der Waals surface area contributed by atoms with Crippen molar-refractivity contribution < 1.29 is 14.6 Å². The summed E-state index contributed by atoms with van der Waals surface area (Å²) in [6, 6.07) is 10.7. The lowest BCUT2D eigenvalue weighted by Crippen LogP contribution is -2.45. The van der Waals surface area contributed by atoms with Crippen molar-refractivity contribution in [3.8, 4) is 11.5 Å². The Morgan fingerprint density at radius 1 is 1.30 bits per heavy atom. The highest BCUT2D eigenvalue weighted by molar-refractivity contribution is 5.97. The van der Waals surface area contributed by atoms with Gasteiger partial charge in [-0.3, -0.25) is 9.78 Å². The topological polar surface area (TPSA) is 62.7 Å². The summed E-state index contributed by atoms with van der Waals surface area (Å²) in [5, 5.41) is 10.0. The highest BCUT2D eigenvalue weighted by atomic mass is 16.5. The van der Waals surface area contributed by atoms with Crippen LogP contribution in [0.15, 0.2) is 48.8 Å². The minimum absolute atomic E-state index is 0.115. The Morgan fingerprint density at radius 3 is 2.87 bits per heavy atom. The van der Waals surface area contributed by atoms with Crippen molar-refractivity contribution in [2.75, 3.05) is 13.1 Å². The Morgan fingerprint density at radius 2 is 2.13 bits per heavy atom. The number of aliphatic hydroxyl groups is 1. The van der Waals surface area contributed by atoms with E-state index in [9.17, 15) is 9.90 Å². The fourth-order valence-electron chi connectivity index (χ4n) is 2.67. The molecular formula is C18H20N2O3. The van der Waals surface area contributed by atoms with Gasteiger partial charge >= 0.3 is 0 Å². The van der Waals surface area contributed by atoms with Gasteiger partial charge in [0.2, 0.25) is 0 Å². The summed E-state index contributed by atoms with van der Waals surface area (Å²) in [5.74, 6) is 1.19. The smallest absolute Gasteiger partial charge is 0.257 e. The number of rotatable bonds is 3. The van der Waals surface area contributed by atoms with E-state index in [1.807, 2.05) is 19.1 Å². The van der Waals surface area contributed by atoms with Gasteiger partial charge in [0.05, 0.1) is 17.9 Å². The number of β-amino-alcohol motifs (C(OH)–C–C–N with tert-alkyl or cyclic N) is 1. The number of hydrogen-bond donors (Lipinski definition) is 1. The Balaban J connectivity index is 1.81. The van der Waals surface area contributed by atoms with Gasteiger partial charge in [0, 0.05) is 19.3 Å². The van der Waals surface area contributed by atoms with Crippen LogP contribution in [-0.2, 0) is 0 Å². The second-order valence-electron chi connectivity index (χ2n) is 5.87. The van der Waals surface area contributed by atoms with E-state index in [1.54, 1.807) is 41.6 Å². The molecule has 0 radical (unpaired) electrons. The maximum absolute atomic E-state index is 12.8. The van der Waals surface area contributed by atoms with Crippen LogP contribution in [-0.4, -0.2) is 40.1 Å². The number of carbonyl (C=O) groups is 1. The van der Waals surface area contributed by atoms with Crippen LogP contribution >= 0.6 is 0 Å². The molecule has 1 aliphatic rings. The van der Waals surface area contributed by atoms with Gasteiger partial charge in [-0.1, -0.05) is 19.1 Å². The van der Waals surface area contributed by atoms with E-state index in [4.69, 9.17) is 4.74 Å². The van der Waals surface area contributed by atoms with E-state index in [2.05, 4.69) is 4.98 Å². The molecule has 1 aromatic carbocycles. The molecular weight excluding hydrogens is 292 g/mol. The zero-order valence-electron chi connectivity index (χ0n) is 13.1. The number of ether oxygens (including phenoxy) is 1. The number of aromatic nitrogens is 1. The number of benzene rings is 1. The molecule has 5 nitrogen and oxygen atoms in total. The van der Waals surface area contributed by atoms with Gasteiger partial charge in [-0.15, -0.1) is 0 Å². The Hall–Kier alpha value is -2.40. The number of amides is 1. The minimum atomic E-state index is -0.473. The molecule has 0 saturated carbocycles. The monoisotopic (exact) mass is 312 g/mol. The maximum atomic E-state index is 12.8. The molecule has 1 N–H and O–H groups in total. The number of piperidine rings is 1. The molecule has 23 heavy (non-hydrogen) atoms. The molecule has 3 rings (SSSR count). The molecule has 0 bridgehead atoms. The fourth-order valence-corrected chi connectivity index (χ4v) is 2.67. The summed E-state index contributed by atoms with van der Waals surface area (Å²) in [5.41, 5.74) is 0.498. The number of aliphatic hydroxyl groups excluding tert-OH is 1. The SMILES string of the molecule is CC1CCN(C(=O)c2ccccc2Oc2cccnc2)CC1O. The molecule has 1 aromatic heterocycles. The van der Waals surface area contributed by atoms with E-state index in [-0.39, 0.29) is 11.8 Å². The first-order chi connectivity index (χ1) is 11.1. The first kappa shape index (κ1) is 15.5. The van der Waals surface area contributed by atoms with Crippen LogP contribution < -0.4 is 4.74 Å². The number of hydrogen-bond acceptors (Lipinski definition) is 4.